The Morgan fingerprint density at radius 3 is 2.83 bits per heavy atom. The van der Waals surface area contributed by atoms with E-state index in [4.69, 9.17) is 0 Å². The molecule has 0 aromatic heterocycles. The summed E-state index contributed by atoms with van der Waals surface area (Å²) < 4.78 is 0. The number of nitrogens with zero attached hydrogens (tertiary/aromatic N) is 1. The number of allylic oxidation sites excluding steroid dienone is 1. The van der Waals surface area contributed by atoms with Gasteiger partial charge in [0.05, 0.1) is 10.5 Å². The number of ketones is 1. The molecule has 0 saturated carbocycles. The van der Waals surface area contributed by atoms with Gasteiger partial charge in [-0.05, 0) is 18.9 Å². The highest BCUT2D eigenvalue weighted by Crippen LogP contribution is 2.26. The van der Waals surface area contributed by atoms with Crippen molar-refractivity contribution in [3.63, 3.8) is 0 Å². The van der Waals surface area contributed by atoms with Gasteiger partial charge < -0.3 is 5.11 Å². The normalized spacial score (nSPS) is 11.8. The van der Waals surface area contributed by atoms with Crippen LogP contribution in [0.15, 0.2) is 30.9 Å². The van der Waals surface area contributed by atoms with Gasteiger partial charge in [-0.2, -0.15) is 0 Å². The van der Waals surface area contributed by atoms with E-state index in [-0.39, 0.29) is 28.7 Å². The fourth-order valence-corrected chi connectivity index (χ4v) is 1.60. The monoisotopic (exact) mass is 249 g/mol. The van der Waals surface area contributed by atoms with E-state index < -0.39 is 4.92 Å². The van der Waals surface area contributed by atoms with Crippen molar-refractivity contribution in [2.45, 2.75) is 19.8 Å². The average Bonchev–Trinajstić information content (AvgIpc) is 2.35. The topological polar surface area (TPSA) is 80.4 Å². The first-order chi connectivity index (χ1) is 8.47. The molecular weight excluding hydrogens is 234 g/mol. The van der Waals surface area contributed by atoms with Crippen LogP contribution in [0, 0.1) is 16.0 Å². The number of carbonyl (C=O) groups is 1. The second-order valence-corrected chi connectivity index (χ2v) is 4.09. The van der Waals surface area contributed by atoms with Crippen LogP contribution in [0.2, 0.25) is 0 Å². The van der Waals surface area contributed by atoms with Crippen molar-refractivity contribution in [1.82, 2.24) is 0 Å². The van der Waals surface area contributed by atoms with Gasteiger partial charge in [0.25, 0.3) is 5.69 Å². The number of benzene rings is 1. The van der Waals surface area contributed by atoms with Crippen molar-refractivity contribution < 1.29 is 14.8 Å². The number of Topliss-reactive ketones (excluding diaryl/α,β-unsaturated/α-hetero) is 1. The van der Waals surface area contributed by atoms with Crippen molar-refractivity contribution >= 4 is 11.5 Å². The van der Waals surface area contributed by atoms with Crippen LogP contribution >= 0.6 is 0 Å². The second-order valence-electron chi connectivity index (χ2n) is 4.09. The molecule has 5 heteroatoms. The van der Waals surface area contributed by atoms with Crippen molar-refractivity contribution in [1.29, 1.82) is 0 Å². The molecule has 1 unspecified atom stereocenters. The Morgan fingerprint density at radius 2 is 2.28 bits per heavy atom. The van der Waals surface area contributed by atoms with Gasteiger partial charge in [-0.1, -0.05) is 13.0 Å². The number of rotatable bonds is 6. The maximum atomic E-state index is 12.0. The molecule has 1 aromatic rings. The number of hydrogen-bond acceptors (Lipinski definition) is 4. The van der Waals surface area contributed by atoms with E-state index >= 15 is 0 Å². The minimum Gasteiger partial charge on any atom is -0.507 e. The molecule has 1 aromatic carbocycles. The van der Waals surface area contributed by atoms with E-state index in [0.717, 1.165) is 6.07 Å². The van der Waals surface area contributed by atoms with Crippen molar-refractivity contribution in [3.8, 4) is 5.75 Å². The molecular formula is C13H15NO4. The molecule has 0 radical (unpaired) electrons. The van der Waals surface area contributed by atoms with Gasteiger partial charge in [0.15, 0.2) is 5.78 Å². The minimum atomic E-state index is -0.593. The summed E-state index contributed by atoms with van der Waals surface area (Å²) in [6.45, 7) is 5.30. The Bertz CT molecular complexity index is 482. The lowest BCUT2D eigenvalue weighted by molar-refractivity contribution is -0.384. The number of carbonyl (C=O) groups excluding carboxylic acids is 1. The standard InChI is InChI=1S/C13H15NO4/c1-3-4-5-9(2)13(16)11-8-10(14(17)18)6-7-12(11)15/h3,6-9,15H,1,4-5H2,2H3. The first kappa shape index (κ1) is 13.9. The fourth-order valence-electron chi connectivity index (χ4n) is 1.60. The summed E-state index contributed by atoms with van der Waals surface area (Å²) in [7, 11) is 0. The van der Waals surface area contributed by atoms with Gasteiger partial charge in [-0.25, -0.2) is 0 Å². The molecule has 0 amide bonds. The van der Waals surface area contributed by atoms with Crippen LogP contribution in [0.25, 0.3) is 0 Å². The fraction of sp³-hybridized carbons (Fsp3) is 0.308. The highest BCUT2D eigenvalue weighted by molar-refractivity contribution is 6.00. The second kappa shape index (κ2) is 5.95. The molecule has 0 bridgehead atoms. The van der Waals surface area contributed by atoms with E-state index in [1.54, 1.807) is 13.0 Å². The summed E-state index contributed by atoms with van der Waals surface area (Å²) in [6, 6.07) is 3.45. The van der Waals surface area contributed by atoms with E-state index in [1.807, 2.05) is 0 Å². The third kappa shape index (κ3) is 3.16. The quantitative estimate of drug-likeness (QED) is 0.363. The summed E-state index contributed by atoms with van der Waals surface area (Å²) in [5.41, 5.74) is -0.201. The molecule has 0 fully saturated rings. The van der Waals surface area contributed by atoms with Crippen molar-refractivity contribution in [2.75, 3.05) is 0 Å². The molecule has 1 N–H and O–H groups in total. The molecule has 1 rings (SSSR count). The third-order valence-electron chi connectivity index (χ3n) is 2.71. The van der Waals surface area contributed by atoms with Crippen LogP contribution in [0.1, 0.15) is 30.1 Å². The van der Waals surface area contributed by atoms with Gasteiger partial charge in [0.1, 0.15) is 5.75 Å². The summed E-state index contributed by atoms with van der Waals surface area (Å²) in [6.07, 6.45) is 2.99. The van der Waals surface area contributed by atoms with Gasteiger partial charge >= 0.3 is 0 Å². The van der Waals surface area contributed by atoms with Crippen LogP contribution in [0.4, 0.5) is 5.69 Å². The minimum absolute atomic E-state index is 0.000706. The predicted molar refractivity (Wildman–Crippen MR) is 67.7 cm³/mol. The Labute approximate surface area is 105 Å². The Kier molecular flexibility index (Phi) is 4.59. The summed E-state index contributed by atoms with van der Waals surface area (Å²) >= 11 is 0. The van der Waals surface area contributed by atoms with Gasteiger partial charge in [-0.15, -0.1) is 6.58 Å². The molecule has 0 saturated heterocycles. The van der Waals surface area contributed by atoms with Crippen LogP contribution in [-0.4, -0.2) is 15.8 Å². The SMILES string of the molecule is C=CCCC(C)C(=O)c1cc([N+](=O)[O-])ccc1O. The average molecular weight is 249 g/mol. The number of aromatic hydroxyl groups is 1. The number of non-ortho nitro benzene ring substituents is 1. The first-order valence-corrected chi connectivity index (χ1v) is 5.60. The molecule has 18 heavy (non-hydrogen) atoms. The summed E-state index contributed by atoms with van der Waals surface area (Å²) in [5.74, 6) is -0.829. The molecule has 0 aliphatic heterocycles. The van der Waals surface area contributed by atoms with E-state index in [9.17, 15) is 20.0 Å². The molecule has 5 nitrogen and oxygen atoms in total. The van der Waals surface area contributed by atoms with Crippen molar-refractivity contribution in [2.24, 2.45) is 5.92 Å². The maximum absolute atomic E-state index is 12.0. The van der Waals surface area contributed by atoms with E-state index in [1.165, 1.54) is 12.1 Å². The predicted octanol–water partition coefficient (Wildman–Crippen LogP) is 3.09. The van der Waals surface area contributed by atoms with E-state index in [0.29, 0.717) is 12.8 Å². The number of nitro benzene ring substituents is 1. The van der Waals surface area contributed by atoms with Crippen LogP contribution < -0.4 is 0 Å². The lowest BCUT2D eigenvalue weighted by Crippen LogP contribution is -2.11. The zero-order valence-electron chi connectivity index (χ0n) is 10.1. The Balaban J connectivity index is 3.00. The number of nitro groups is 1. The summed E-state index contributed by atoms with van der Waals surface area (Å²) in [4.78, 5) is 22.1. The summed E-state index contributed by atoms with van der Waals surface area (Å²) in [5, 5.41) is 20.2. The lowest BCUT2D eigenvalue weighted by atomic mass is 9.94. The highest BCUT2D eigenvalue weighted by Gasteiger charge is 2.20. The molecule has 0 spiro atoms. The van der Waals surface area contributed by atoms with Crippen molar-refractivity contribution in [3.05, 3.63) is 46.5 Å². The lowest BCUT2D eigenvalue weighted by Gasteiger charge is -2.10. The number of phenols is 1. The highest BCUT2D eigenvalue weighted by atomic mass is 16.6. The number of hydrogen-bond donors (Lipinski definition) is 1. The Hall–Kier alpha value is -2.17. The molecule has 1 atom stereocenters. The first-order valence-electron chi connectivity index (χ1n) is 5.60. The zero-order chi connectivity index (χ0) is 13.7. The third-order valence-corrected chi connectivity index (χ3v) is 2.71. The molecule has 96 valence electrons. The molecule has 0 aliphatic carbocycles. The van der Waals surface area contributed by atoms with Crippen LogP contribution in [-0.2, 0) is 0 Å². The van der Waals surface area contributed by atoms with Crippen LogP contribution in [0.3, 0.4) is 0 Å². The number of phenolic OH excluding ortho intramolecular Hbond substituents is 1. The Morgan fingerprint density at radius 1 is 1.61 bits per heavy atom. The molecule has 0 heterocycles. The van der Waals surface area contributed by atoms with Gasteiger partial charge in [-0.3, -0.25) is 14.9 Å². The molecule has 0 aliphatic rings. The smallest absolute Gasteiger partial charge is 0.270 e. The van der Waals surface area contributed by atoms with E-state index in [2.05, 4.69) is 6.58 Å². The van der Waals surface area contributed by atoms with Gasteiger partial charge in [0, 0.05) is 18.1 Å². The van der Waals surface area contributed by atoms with Crippen LogP contribution in [0.5, 0.6) is 5.75 Å². The zero-order valence-corrected chi connectivity index (χ0v) is 10.1. The largest absolute Gasteiger partial charge is 0.507 e. The van der Waals surface area contributed by atoms with Gasteiger partial charge in [0.2, 0.25) is 0 Å². The maximum Gasteiger partial charge on any atom is 0.270 e.